The van der Waals surface area contributed by atoms with E-state index in [0.717, 1.165) is 12.5 Å². The van der Waals surface area contributed by atoms with Gasteiger partial charge in [-0.1, -0.05) is 6.42 Å². The van der Waals surface area contributed by atoms with Gasteiger partial charge in [-0.2, -0.15) is 0 Å². The van der Waals surface area contributed by atoms with Crippen molar-refractivity contribution in [2.45, 2.75) is 26.2 Å². The Balaban J connectivity index is 2.00. The van der Waals surface area contributed by atoms with Crippen molar-refractivity contribution in [3.63, 3.8) is 0 Å². The molecule has 1 aliphatic rings. The smallest absolute Gasteiger partial charge is 0.0845 e. The highest BCUT2D eigenvalue weighted by Gasteiger charge is 2.13. The molecule has 1 nitrogen and oxygen atoms in total. The lowest BCUT2D eigenvalue weighted by atomic mass is 9.86. The van der Waals surface area contributed by atoms with Gasteiger partial charge in [-0.05, 0) is 31.8 Å². The van der Waals surface area contributed by atoms with Crippen molar-refractivity contribution >= 4 is 0 Å². The summed E-state index contributed by atoms with van der Waals surface area (Å²) in [5.41, 5.74) is 0. The van der Waals surface area contributed by atoms with Gasteiger partial charge in [0.1, 0.15) is 0 Å². The molecule has 0 aliphatic heterocycles. The summed E-state index contributed by atoms with van der Waals surface area (Å²) in [6.45, 7) is 2.80. The van der Waals surface area contributed by atoms with Crippen molar-refractivity contribution in [2.75, 3.05) is 6.61 Å². The Hall–Kier alpha value is -0.460. The first kappa shape index (κ1) is 6.66. The normalized spacial score (nSPS) is 20.1. The average molecular weight is 126 g/mol. The highest BCUT2D eigenvalue weighted by Crippen LogP contribution is 2.27. The van der Waals surface area contributed by atoms with Crippen LogP contribution < -0.4 is 0 Å². The summed E-state index contributed by atoms with van der Waals surface area (Å²) in [4.78, 5) is 0. The number of rotatable bonds is 3. The lowest BCUT2D eigenvalue weighted by Gasteiger charge is -2.20. The molecule has 1 fully saturated rings. The van der Waals surface area contributed by atoms with Crippen molar-refractivity contribution in [3.05, 3.63) is 12.3 Å². The Morgan fingerprint density at radius 2 is 2.33 bits per heavy atom. The fourth-order valence-electron chi connectivity index (χ4n) is 0.895. The molecule has 0 bridgehead atoms. The zero-order valence-electron chi connectivity index (χ0n) is 5.97. The monoisotopic (exact) mass is 126 g/mol. The van der Waals surface area contributed by atoms with Crippen LogP contribution >= 0.6 is 0 Å². The largest absolute Gasteiger partial charge is 0.502 e. The molecule has 0 unspecified atom stereocenters. The third-order valence-electron chi connectivity index (χ3n) is 1.76. The van der Waals surface area contributed by atoms with Crippen molar-refractivity contribution in [3.8, 4) is 0 Å². The highest BCUT2D eigenvalue weighted by molar-refractivity contribution is 4.88. The van der Waals surface area contributed by atoms with Crippen LogP contribution in [0.25, 0.3) is 0 Å². The van der Waals surface area contributed by atoms with Crippen molar-refractivity contribution in [2.24, 2.45) is 5.92 Å². The summed E-state index contributed by atoms with van der Waals surface area (Å²) in [6.07, 6.45) is 8.14. The van der Waals surface area contributed by atoms with Gasteiger partial charge in [0.15, 0.2) is 0 Å². The molecular formula is C8H14O. The van der Waals surface area contributed by atoms with Crippen molar-refractivity contribution in [1.29, 1.82) is 0 Å². The Kier molecular flexibility index (Phi) is 2.62. The van der Waals surface area contributed by atoms with E-state index in [1.165, 1.54) is 19.3 Å². The van der Waals surface area contributed by atoms with Crippen LogP contribution in [0.4, 0.5) is 0 Å². The molecule has 0 amide bonds. The van der Waals surface area contributed by atoms with Crippen LogP contribution in [0.3, 0.4) is 0 Å². The summed E-state index contributed by atoms with van der Waals surface area (Å²) in [5.74, 6) is 0.830. The van der Waals surface area contributed by atoms with Crippen molar-refractivity contribution < 1.29 is 4.74 Å². The fourth-order valence-corrected chi connectivity index (χ4v) is 0.895. The topological polar surface area (TPSA) is 9.23 Å². The molecule has 0 aromatic heterocycles. The molecule has 0 aromatic rings. The van der Waals surface area contributed by atoms with E-state index in [1.54, 1.807) is 0 Å². The van der Waals surface area contributed by atoms with E-state index >= 15 is 0 Å². The Morgan fingerprint density at radius 3 is 2.78 bits per heavy atom. The van der Waals surface area contributed by atoms with Gasteiger partial charge in [0.2, 0.25) is 0 Å². The van der Waals surface area contributed by atoms with Gasteiger partial charge < -0.3 is 4.74 Å². The molecule has 1 rings (SSSR count). The first-order valence-electron chi connectivity index (χ1n) is 3.71. The van der Waals surface area contributed by atoms with Crippen LogP contribution in [0.1, 0.15) is 26.2 Å². The number of hydrogen-bond acceptors (Lipinski definition) is 1. The molecule has 1 heteroatoms. The molecular weight excluding hydrogens is 112 g/mol. The second-order valence-electron chi connectivity index (χ2n) is 2.47. The molecule has 0 spiro atoms. The highest BCUT2D eigenvalue weighted by atomic mass is 16.5. The predicted molar refractivity (Wildman–Crippen MR) is 38.1 cm³/mol. The zero-order chi connectivity index (χ0) is 6.53. The SMILES string of the molecule is CCO/C=C/C1CCC1. The van der Waals surface area contributed by atoms with Crippen LogP contribution in [0.15, 0.2) is 12.3 Å². The van der Waals surface area contributed by atoms with Crippen molar-refractivity contribution in [1.82, 2.24) is 0 Å². The van der Waals surface area contributed by atoms with Gasteiger partial charge in [-0.3, -0.25) is 0 Å². The molecule has 0 aromatic carbocycles. The minimum Gasteiger partial charge on any atom is -0.502 e. The minimum atomic E-state index is 0.795. The minimum absolute atomic E-state index is 0.795. The molecule has 9 heavy (non-hydrogen) atoms. The van der Waals surface area contributed by atoms with Crippen LogP contribution in [0.5, 0.6) is 0 Å². The van der Waals surface area contributed by atoms with Gasteiger partial charge in [0.25, 0.3) is 0 Å². The van der Waals surface area contributed by atoms with Crippen LogP contribution in [0.2, 0.25) is 0 Å². The predicted octanol–water partition coefficient (Wildman–Crippen LogP) is 2.34. The van der Waals surface area contributed by atoms with Gasteiger partial charge in [0.05, 0.1) is 12.9 Å². The Morgan fingerprint density at radius 1 is 1.56 bits per heavy atom. The van der Waals surface area contributed by atoms with Gasteiger partial charge in [0, 0.05) is 0 Å². The lowest BCUT2D eigenvalue weighted by molar-refractivity contribution is 0.261. The second-order valence-corrected chi connectivity index (χ2v) is 2.47. The lowest BCUT2D eigenvalue weighted by Crippen LogP contribution is -2.06. The van der Waals surface area contributed by atoms with Crippen LogP contribution in [-0.2, 0) is 4.74 Å². The summed E-state index contributed by atoms with van der Waals surface area (Å²) < 4.78 is 5.06. The number of ether oxygens (including phenoxy) is 1. The molecule has 0 atom stereocenters. The van der Waals surface area contributed by atoms with E-state index in [2.05, 4.69) is 6.08 Å². The van der Waals surface area contributed by atoms with Gasteiger partial charge >= 0.3 is 0 Å². The third-order valence-corrected chi connectivity index (χ3v) is 1.76. The zero-order valence-corrected chi connectivity index (χ0v) is 5.97. The molecule has 1 saturated carbocycles. The molecule has 0 N–H and O–H groups in total. The van der Waals surface area contributed by atoms with E-state index < -0.39 is 0 Å². The summed E-state index contributed by atoms with van der Waals surface area (Å²) in [6, 6.07) is 0. The number of hydrogen-bond donors (Lipinski definition) is 0. The maximum absolute atomic E-state index is 5.06. The second kappa shape index (κ2) is 3.54. The molecule has 52 valence electrons. The quantitative estimate of drug-likeness (QED) is 0.527. The van der Waals surface area contributed by atoms with Crippen LogP contribution in [0, 0.1) is 5.92 Å². The first-order chi connectivity index (χ1) is 4.43. The maximum Gasteiger partial charge on any atom is 0.0845 e. The van der Waals surface area contributed by atoms with E-state index in [0.29, 0.717) is 0 Å². The molecule has 1 aliphatic carbocycles. The molecule has 0 saturated heterocycles. The van der Waals surface area contributed by atoms with E-state index in [9.17, 15) is 0 Å². The van der Waals surface area contributed by atoms with Gasteiger partial charge in [-0.25, -0.2) is 0 Å². The molecule has 0 heterocycles. The maximum atomic E-state index is 5.06. The van der Waals surface area contributed by atoms with Gasteiger partial charge in [-0.15, -0.1) is 0 Å². The average Bonchev–Trinajstić information content (AvgIpc) is 1.76. The first-order valence-corrected chi connectivity index (χ1v) is 3.71. The standard InChI is InChI=1S/C8H14O/c1-2-9-7-6-8-4-3-5-8/h6-8H,2-5H2,1H3/b7-6+. The Bertz CT molecular complexity index is 92.7. The van der Waals surface area contributed by atoms with E-state index in [-0.39, 0.29) is 0 Å². The summed E-state index contributed by atoms with van der Waals surface area (Å²) in [5, 5.41) is 0. The third kappa shape index (κ3) is 2.08. The van der Waals surface area contributed by atoms with Crippen LogP contribution in [-0.4, -0.2) is 6.61 Å². The van der Waals surface area contributed by atoms with E-state index in [4.69, 9.17) is 4.74 Å². The summed E-state index contributed by atoms with van der Waals surface area (Å²) in [7, 11) is 0. The fraction of sp³-hybridized carbons (Fsp3) is 0.750. The number of allylic oxidation sites excluding steroid dienone is 1. The summed E-state index contributed by atoms with van der Waals surface area (Å²) >= 11 is 0. The Labute approximate surface area is 56.7 Å². The van der Waals surface area contributed by atoms with E-state index in [1.807, 2.05) is 13.2 Å². The molecule has 0 radical (unpaired) electrons.